The van der Waals surface area contributed by atoms with Crippen molar-refractivity contribution in [2.75, 3.05) is 26.1 Å². The minimum atomic E-state index is -0.425. The molecule has 1 unspecified atom stereocenters. The van der Waals surface area contributed by atoms with Gasteiger partial charge in [-0.05, 0) is 31.8 Å². The van der Waals surface area contributed by atoms with Crippen molar-refractivity contribution in [2.45, 2.75) is 45.4 Å². The average molecular weight is 273 g/mol. The quantitative estimate of drug-likeness (QED) is 0.453. The number of hydrogen-bond donors (Lipinski definition) is 0. The van der Waals surface area contributed by atoms with Crippen LogP contribution >= 0.6 is 11.8 Å². The van der Waals surface area contributed by atoms with E-state index in [1.807, 2.05) is 11.8 Å². The molecular formula is C14H27NO2S. The van der Waals surface area contributed by atoms with E-state index in [1.165, 1.54) is 36.8 Å². The Morgan fingerprint density at radius 3 is 2.11 bits per heavy atom. The fraction of sp³-hybridized carbons (Fsp3) is 0.857. The molecule has 0 N–H and O–H groups in total. The first-order valence-electron chi connectivity index (χ1n) is 6.71. The highest BCUT2D eigenvalue weighted by Crippen LogP contribution is 2.15. The Balaban J connectivity index is 3.79. The van der Waals surface area contributed by atoms with E-state index in [1.54, 1.807) is 14.1 Å². The smallest absolute Gasteiger partial charge is 0.232 e. The number of ketones is 1. The Labute approximate surface area is 116 Å². The number of amides is 1. The molecule has 0 radical (unpaired) electrons. The molecule has 0 aliphatic heterocycles. The van der Waals surface area contributed by atoms with Crippen molar-refractivity contribution in [3.63, 3.8) is 0 Å². The van der Waals surface area contributed by atoms with Gasteiger partial charge >= 0.3 is 0 Å². The molecule has 0 heterocycles. The monoisotopic (exact) mass is 273 g/mol. The molecule has 0 aromatic rings. The van der Waals surface area contributed by atoms with Gasteiger partial charge < -0.3 is 4.90 Å². The first-order chi connectivity index (χ1) is 8.50. The van der Waals surface area contributed by atoms with Crippen molar-refractivity contribution in [1.82, 2.24) is 4.90 Å². The highest BCUT2D eigenvalue weighted by atomic mass is 32.2. The average Bonchev–Trinajstić information content (AvgIpc) is 2.31. The van der Waals surface area contributed by atoms with Crippen LogP contribution in [0.4, 0.5) is 0 Å². The molecule has 0 aliphatic rings. The molecule has 1 amide bonds. The lowest BCUT2D eigenvalue weighted by Gasteiger charge is -2.18. The van der Waals surface area contributed by atoms with Crippen LogP contribution in [0.2, 0.25) is 0 Å². The third kappa shape index (κ3) is 7.75. The Bertz CT molecular complexity index is 254. The number of thioether (sulfide) groups is 1. The maximum atomic E-state index is 11.8. The third-order valence-electron chi connectivity index (χ3n) is 3.07. The molecule has 0 fully saturated rings. The van der Waals surface area contributed by atoms with Gasteiger partial charge in [0.2, 0.25) is 5.91 Å². The van der Waals surface area contributed by atoms with Gasteiger partial charge in [0.05, 0.1) is 5.92 Å². The van der Waals surface area contributed by atoms with Crippen LogP contribution in [-0.2, 0) is 9.59 Å². The largest absolute Gasteiger partial charge is 0.348 e. The number of Topliss-reactive ketones (excluding diaryl/α,β-unsaturated/α-hetero) is 1. The second-order valence-corrected chi connectivity index (χ2v) is 5.93. The molecule has 0 rings (SSSR count). The fourth-order valence-electron chi connectivity index (χ4n) is 1.94. The lowest BCUT2D eigenvalue weighted by Crippen LogP contribution is -2.33. The summed E-state index contributed by atoms with van der Waals surface area (Å²) in [6.45, 7) is 1.52. The standard InChI is InChI=1S/C14H27NO2S/c1-12(16)13(14(17)15(2)3)10-8-6-5-7-9-11-18-4/h13H,5-11H2,1-4H3. The molecule has 0 bridgehead atoms. The summed E-state index contributed by atoms with van der Waals surface area (Å²) in [5.41, 5.74) is 0. The molecule has 106 valence electrons. The molecule has 4 heteroatoms. The van der Waals surface area contributed by atoms with Gasteiger partial charge in [0.25, 0.3) is 0 Å². The van der Waals surface area contributed by atoms with E-state index in [0.29, 0.717) is 6.42 Å². The van der Waals surface area contributed by atoms with Crippen LogP contribution in [0.25, 0.3) is 0 Å². The highest BCUT2D eigenvalue weighted by Gasteiger charge is 2.23. The molecule has 0 aromatic heterocycles. The van der Waals surface area contributed by atoms with Crippen molar-refractivity contribution >= 4 is 23.5 Å². The summed E-state index contributed by atoms with van der Waals surface area (Å²) in [6.07, 6.45) is 8.67. The lowest BCUT2D eigenvalue weighted by molar-refractivity contribution is -0.139. The van der Waals surface area contributed by atoms with Crippen LogP contribution in [0.5, 0.6) is 0 Å². The van der Waals surface area contributed by atoms with E-state index in [4.69, 9.17) is 0 Å². The van der Waals surface area contributed by atoms with Crippen LogP contribution in [0.1, 0.15) is 45.4 Å². The highest BCUT2D eigenvalue weighted by molar-refractivity contribution is 7.98. The molecular weight excluding hydrogens is 246 g/mol. The predicted octanol–water partition coefficient (Wildman–Crippen LogP) is 2.98. The lowest BCUT2D eigenvalue weighted by atomic mass is 9.96. The van der Waals surface area contributed by atoms with Crippen LogP contribution in [0.15, 0.2) is 0 Å². The molecule has 0 aromatic carbocycles. The number of hydrogen-bond acceptors (Lipinski definition) is 3. The number of rotatable bonds is 10. The molecule has 18 heavy (non-hydrogen) atoms. The van der Waals surface area contributed by atoms with Crippen LogP contribution in [0.3, 0.4) is 0 Å². The van der Waals surface area contributed by atoms with Gasteiger partial charge in [-0.2, -0.15) is 11.8 Å². The van der Waals surface area contributed by atoms with E-state index in [0.717, 1.165) is 12.8 Å². The Morgan fingerprint density at radius 1 is 1.06 bits per heavy atom. The van der Waals surface area contributed by atoms with Gasteiger partial charge in [-0.15, -0.1) is 0 Å². The molecule has 0 aliphatic carbocycles. The first kappa shape index (κ1) is 17.5. The van der Waals surface area contributed by atoms with E-state index in [-0.39, 0.29) is 11.7 Å². The van der Waals surface area contributed by atoms with E-state index in [2.05, 4.69) is 6.26 Å². The third-order valence-corrected chi connectivity index (χ3v) is 3.77. The molecule has 1 atom stereocenters. The molecule has 0 saturated heterocycles. The minimum absolute atomic E-state index is 0.00363. The van der Waals surface area contributed by atoms with Gasteiger partial charge in [0, 0.05) is 14.1 Å². The summed E-state index contributed by atoms with van der Waals surface area (Å²) < 4.78 is 0. The van der Waals surface area contributed by atoms with Crippen LogP contribution in [-0.4, -0.2) is 42.7 Å². The topological polar surface area (TPSA) is 37.4 Å². The maximum Gasteiger partial charge on any atom is 0.232 e. The summed E-state index contributed by atoms with van der Waals surface area (Å²) in [6, 6.07) is 0. The fourth-order valence-corrected chi connectivity index (χ4v) is 2.43. The van der Waals surface area contributed by atoms with E-state index in [9.17, 15) is 9.59 Å². The number of nitrogens with zero attached hydrogens (tertiary/aromatic N) is 1. The second-order valence-electron chi connectivity index (χ2n) is 4.95. The van der Waals surface area contributed by atoms with Crippen LogP contribution < -0.4 is 0 Å². The van der Waals surface area contributed by atoms with Gasteiger partial charge in [-0.25, -0.2) is 0 Å². The van der Waals surface area contributed by atoms with Crippen molar-refractivity contribution in [3.8, 4) is 0 Å². The van der Waals surface area contributed by atoms with Crippen molar-refractivity contribution in [2.24, 2.45) is 5.92 Å². The van der Waals surface area contributed by atoms with Crippen LogP contribution in [0, 0.1) is 5.92 Å². The van der Waals surface area contributed by atoms with Crippen molar-refractivity contribution in [3.05, 3.63) is 0 Å². The van der Waals surface area contributed by atoms with Crippen molar-refractivity contribution < 1.29 is 9.59 Å². The summed E-state index contributed by atoms with van der Waals surface area (Å²) >= 11 is 1.89. The normalized spacial score (nSPS) is 12.2. The number of unbranched alkanes of at least 4 members (excludes halogenated alkanes) is 4. The van der Waals surface area contributed by atoms with Gasteiger partial charge in [-0.3, -0.25) is 9.59 Å². The number of carbonyl (C=O) groups is 2. The van der Waals surface area contributed by atoms with Gasteiger partial charge in [0.1, 0.15) is 5.78 Å². The number of carbonyl (C=O) groups excluding carboxylic acids is 2. The van der Waals surface area contributed by atoms with Crippen molar-refractivity contribution in [1.29, 1.82) is 0 Å². The summed E-state index contributed by atoms with van der Waals surface area (Å²) in [5, 5.41) is 0. The Hall–Kier alpha value is -0.510. The summed E-state index contributed by atoms with van der Waals surface area (Å²) in [4.78, 5) is 24.8. The minimum Gasteiger partial charge on any atom is -0.348 e. The van der Waals surface area contributed by atoms with Gasteiger partial charge in [-0.1, -0.05) is 25.7 Å². The molecule has 0 saturated carbocycles. The SMILES string of the molecule is CSCCCCCCCC(C(C)=O)C(=O)N(C)C. The maximum absolute atomic E-state index is 11.8. The molecule has 3 nitrogen and oxygen atoms in total. The Kier molecular flexibility index (Phi) is 10.1. The zero-order valence-corrected chi connectivity index (χ0v) is 13.0. The summed E-state index contributed by atoms with van der Waals surface area (Å²) in [7, 11) is 3.42. The van der Waals surface area contributed by atoms with Gasteiger partial charge in [0.15, 0.2) is 0 Å². The first-order valence-corrected chi connectivity index (χ1v) is 8.10. The second kappa shape index (κ2) is 10.4. The van der Waals surface area contributed by atoms with E-state index >= 15 is 0 Å². The zero-order chi connectivity index (χ0) is 14.0. The zero-order valence-electron chi connectivity index (χ0n) is 12.2. The predicted molar refractivity (Wildman–Crippen MR) is 78.9 cm³/mol. The van der Waals surface area contributed by atoms with E-state index < -0.39 is 5.92 Å². The Morgan fingerprint density at radius 2 is 1.61 bits per heavy atom. The summed E-state index contributed by atoms with van der Waals surface area (Å²) in [5.74, 6) is 0.752. The molecule has 0 spiro atoms.